The maximum Gasteiger partial charge on any atom is 0.235 e. The second-order valence-corrected chi connectivity index (χ2v) is 12.6. The minimum atomic E-state index is 0.673. The van der Waals surface area contributed by atoms with Crippen molar-refractivity contribution in [2.24, 2.45) is 0 Å². The Morgan fingerprint density at radius 1 is 0.489 bits per heavy atom. The van der Waals surface area contributed by atoms with Crippen molar-refractivity contribution in [2.45, 2.75) is 0 Å². The molecular weight excluding hydrogens is 569 g/mol. The van der Waals surface area contributed by atoms with E-state index < -0.39 is 0 Å². The molecule has 0 aliphatic carbocycles. The van der Waals surface area contributed by atoms with Crippen molar-refractivity contribution < 1.29 is 0 Å². The molecule has 0 atom stereocenters. The van der Waals surface area contributed by atoms with Crippen molar-refractivity contribution in [3.63, 3.8) is 0 Å². The molecule has 0 N–H and O–H groups in total. The summed E-state index contributed by atoms with van der Waals surface area (Å²) >= 11 is 1.85. The third-order valence-electron chi connectivity index (χ3n) is 8.97. The summed E-state index contributed by atoms with van der Waals surface area (Å²) in [5.41, 5.74) is 7.44. The molecule has 5 heteroatoms. The molecule has 10 aromatic rings. The van der Waals surface area contributed by atoms with E-state index in [-0.39, 0.29) is 0 Å². The second kappa shape index (κ2) is 9.36. The van der Waals surface area contributed by atoms with Gasteiger partial charge in [-0.15, -0.1) is 11.3 Å². The Labute approximate surface area is 262 Å². The van der Waals surface area contributed by atoms with E-state index in [1.807, 2.05) is 17.4 Å². The zero-order chi connectivity index (χ0) is 29.5. The Bertz CT molecular complexity index is 2750. The van der Waals surface area contributed by atoms with Crippen LogP contribution in [0.4, 0.5) is 0 Å². The fourth-order valence-electron chi connectivity index (χ4n) is 6.94. The fourth-order valence-corrected chi connectivity index (χ4v) is 8.07. The van der Waals surface area contributed by atoms with Gasteiger partial charge in [-0.2, -0.15) is 0 Å². The lowest BCUT2D eigenvalue weighted by atomic mass is 10.1. The third-order valence-corrected chi connectivity index (χ3v) is 10.1. The van der Waals surface area contributed by atoms with E-state index >= 15 is 0 Å². The number of para-hydroxylation sites is 2. The van der Waals surface area contributed by atoms with Gasteiger partial charge in [-0.05, 0) is 48.5 Å². The van der Waals surface area contributed by atoms with Crippen LogP contribution in [0.5, 0.6) is 0 Å². The molecule has 6 aromatic carbocycles. The van der Waals surface area contributed by atoms with Crippen LogP contribution in [-0.4, -0.2) is 19.1 Å². The molecule has 0 unspecified atom stereocenters. The molecule has 210 valence electrons. The maximum absolute atomic E-state index is 5.36. The molecule has 0 saturated heterocycles. The lowest BCUT2D eigenvalue weighted by molar-refractivity contribution is 1.02. The van der Waals surface area contributed by atoms with Gasteiger partial charge in [0, 0.05) is 59.2 Å². The number of aromatic nitrogens is 4. The second-order valence-electron chi connectivity index (χ2n) is 11.5. The maximum atomic E-state index is 5.36. The smallest absolute Gasteiger partial charge is 0.235 e. The average molecular weight is 593 g/mol. The highest BCUT2D eigenvalue weighted by Gasteiger charge is 2.21. The highest BCUT2D eigenvalue weighted by Crippen LogP contribution is 2.43. The van der Waals surface area contributed by atoms with Crippen molar-refractivity contribution in [3.8, 4) is 22.9 Å². The van der Waals surface area contributed by atoms with Crippen molar-refractivity contribution in [1.29, 1.82) is 0 Å². The summed E-state index contributed by atoms with van der Waals surface area (Å²) in [6.07, 6.45) is 2.17. The Balaban J connectivity index is 1.38. The Kier molecular flexibility index (Phi) is 5.12. The van der Waals surface area contributed by atoms with Gasteiger partial charge in [0.2, 0.25) is 5.95 Å². The number of hydrogen-bond donors (Lipinski definition) is 0. The first-order valence-corrected chi connectivity index (χ1v) is 15.9. The zero-order valence-electron chi connectivity index (χ0n) is 24.1. The summed E-state index contributed by atoms with van der Waals surface area (Å²) in [5, 5.41) is 7.14. The van der Waals surface area contributed by atoms with Crippen molar-refractivity contribution in [3.05, 3.63) is 146 Å². The molecule has 4 heterocycles. The number of nitrogens with zero attached hydrogens (tertiary/aromatic N) is 4. The number of rotatable bonds is 3. The van der Waals surface area contributed by atoms with Gasteiger partial charge in [0.15, 0.2) is 0 Å². The summed E-state index contributed by atoms with van der Waals surface area (Å²) in [5.74, 6) is 0.673. The quantitative estimate of drug-likeness (QED) is 0.205. The highest BCUT2D eigenvalue weighted by atomic mass is 32.1. The first kappa shape index (κ1) is 24.6. The molecule has 0 bridgehead atoms. The van der Waals surface area contributed by atoms with Crippen LogP contribution >= 0.6 is 11.3 Å². The molecule has 45 heavy (non-hydrogen) atoms. The molecule has 0 aliphatic rings. The van der Waals surface area contributed by atoms with E-state index in [9.17, 15) is 0 Å². The number of thiophene rings is 1. The minimum absolute atomic E-state index is 0.673. The van der Waals surface area contributed by atoms with Crippen LogP contribution in [-0.2, 0) is 0 Å². The van der Waals surface area contributed by atoms with Crippen LogP contribution in [0.15, 0.2) is 146 Å². The van der Waals surface area contributed by atoms with Crippen molar-refractivity contribution >= 4 is 75.1 Å². The van der Waals surface area contributed by atoms with E-state index in [2.05, 4.69) is 149 Å². The van der Waals surface area contributed by atoms with E-state index in [0.717, 1.165) is 44.4 Å². The Morgan fingerprint density at radius 3 is 2.11 bits per heavy atom. The van der Waals surface area contributed by atoms with Gasteiger partial charge in [-0.3, -0.25) is 4.57 Å². The predicted octanol–water partition coefficient (Wildman–Crippen LogP) is 10.7. The van der Waals surface area contributed by atoms with Gasteiger partial charge in [-0.1, -0.05) is 91.0 Å². The zero-order valence-corrected chi connectivity index (χ0v) is 24.9. The van der Waals surface area contributed by atoms with Crippen LogP contribution in [0.1, 0.15) is 0 Å². The summed E-state index contributed by atoms with van der Waals surface area (Å²) in [4.78, 5) is 10.6. The van der Waals surface area contributed by atoms with E-state index in [1.165, 1.54) is 36.3 Å². The number of hydrogen-bond acceptors (Lipinski definition) is 3. The number of fused-ring (bicyclic) bond motifs is 9. The van der Waals surface area contributed by atoms with E-state index in [0.29, 0.717) is 5.95 Å². The summed E-state index contributed by atoms with van der Waals surface area (Å²) in [7, 11) is 0. The molecule has 0 aliphatic heterocycles. The number of benzene rings is 6. The molecule has 10 rings (SSSR count). The van der Waals surface area contributed by atoms with Gasteiger partial charge in [-0.25, -0.2) is 9.97 Å². The van der Waals surface area contributed by atoms with Crippen LogP contribution < -0.4 is 0 Å². The molecule has 0 saturated carbocycles. The largest absolute Gasteiger partial charge is 0.316 e. The molecule has 0 spiro atoms. The van der Waals surface area contributed by atoms with E-state index in [4.69, 9.17) is 9.97 Å². The standard InChI is InChI=1S/C40H24N4S/c1-3-11-25(12-4-1)38-29-16-7-9-17-33(29)41-40(42-38)44-35-23-32-27-15-8-10-18-36(27)45-37(32)24-31(35)28-19-20-34-30(39(28)44)21-22-43(34)26-13-5-2-6-14-26/h1-24H. The van der Waals surface area contributed by atoms with Crippen molar-refractivity contribution in [2.75, 3.05) is 0 Å². The van der Waals surface area contributed by atoms with Gasteiger partial charge < -0.3 is 4.57 Å². The van der Waals surface area contributed by atoms with E-state index in [1.54, 1.807) is 0 Å². The molecular formula is C40H24N4S. The SMILES string of the molecule is c1ccc(-c2nc(-n3c4cc5c(cc4c4ccc6c(ccn6-c6ccccc6)c43)sc3ccccc35)nc3ccccc23)cc1. The molecule has 0 radical (unpaired) electrons. The minimum Gasteiger partial charge on any atom is -0.316 e. The Morgan fingerprint density at radius 2 is 1.24 bits per heavy atom. The third kappa shape index (κ3) is 3.59. The van der Waals surface area contributed by atoms with Crippen molar-refractivity contribution in [1.82, 2.24) is 19.1 Å². The topological polar surface area (TPSA) is 35.6 Å². The lowest BCUT2D eigenvalue weighted by Crippen LogP contribution is -2.03. The van der Waals surface area contributed by atoms with Crippen LogP contribution in [0, 0.1) is 0 Å². The fraction of sp³-hybridized carbons (Fsp3) is 0. The predicted molar refractivity (Wildman–Crippen MR) is 189 cm³/mol. The first-order chi connectivity index (χ1) is 22.3. The average Bonchev–Trinajstić information content (AvgIpc) is 3.79. The van der Waals surface area contributed by atoms with Gasteiger partial charge in [0.05, 0.1) is 27.8 Å². The molecule has 0 amide bonds. The summed E-state index contributed by atoms with van der Waals surface area (Å²) in [6, 6.07) is 49.5. The monoisotopic (exact) mass is 592 g/mol. The molecule has 4 nitrogen and oxygen atoms in total. The van der Waals surface area contributed by atoms with Crippen LogP contribution in [0.25, 0.3) is 86.7 Å². The van der Waals surface area contributed by atoms with Gasteiger partial charge >= 0.3 is 0 Å². The van der Waals surface area contributed by atoms with Gasteiger partial charge in [0.1, 0.15) is 0 Å². The first-order valence-electron chi connectivity index (χ1n) is 15.1. The van der Waals surface area contributed by atoms with Gasteiger partial charge in [0.25, 0.3) is 0 Å². The lowest BCUT2D eigenvalue weighted by Gasteiger charge is -2.12. The molecule has 0 fully saturated rings. The van der Waals surface area contributed by atoms with Crippen LogP contribution in [0.3, 0.4) is 0 Å². The Hall–Kier alpha value is -5.78. The van der Waals surface area contributed by atoms with Crippen LogP contribution in [0.2, 0.25) is 0 Å². The highest BCUT2D eigenvalue weighted by molar-refractivity contribution is 7.25. The molecule has 4 aromatic heterocycles. The summed E-state index contributed by atoms with van der Waals surface area (Å²) in [6.45, 7) is 0. The summed E-state index contributed by atoms with van der Waals surface area (Å²) < 4.78 is 7.15. The normalized spacial score (nSPS) is 12.0.